The van der Waals surface area contributed by atoms with Crippen LogP contribution in [0.25, 0.3) is 26.8 Å². The van der Waals surface area contributed by atoms with Crippen molar-refractivity contribution >= 4 is 44.0 Å². The van der Waals surface area contributed by atoms with Crippen LogP contribution in [0.4, 0.5) is 5.82 Å². The molecule has 32 heavy (non-hydrogen) atoms. The number of hydrogen-bond donors (Lipinski definition) is 1. The van der Waals surface area contributed by atoms with E-state index in [0.29, 0.717) is 11.7 Å². The lowest BCUT2D eigenvalue weighted by molar-refractivity contribution is 0.205. The molecule has 2 N–H and O–H groups in total. The Bertz CT molecular complexity index is 1130. The van der Waals surface area contributed by atoms with Crippen LogP contribution < -0.4 is 5.73 Å². The molecular weight excluding hydrogens is 416 g/mol. The first-order valence-electron chi connectivity index (χ1n) is 12.2. The van der Waals surface area contributed by atoms with Gasteiger partial charge in [0, 0.05) is 30.9 Å². The van der Waals surface area contributed by atoms with Gasteiger partial charge in [0.05, 0.1) is 15.7 Å². The molecule has 7 heteroatoms. The van der Waals surface area contributed by atoms with Gasteiger partial charge in [-0.1, -0.05) is 19.4 Å². The average molecular weight is 453 g/mol. The SMILES string of the molecule is CCCCc1nc2c(N)nc3cc(C4=CCN(C)CC4)sc3c2n1CC1CCN(C)CC1. The van der Waals surface area contributed by atoms with Crippen LogP contribution in [-0.4, -0.2) is 64.6 Å². The molecule has 2 aliphatic heterocycles. The number of hydrogen-bond acceptors (Lipinski definition) is 6. The number of pyridine rings is 1. The fourth-order valence-corrected chi connectivity index (χ4v) is 6.32. The number of nitrogens with two attached hydrogens (primary N) is 1. The van der Waals surface area contributed by atoms with Gasteiger partial charge in [0.2, 0.25) is 0 Å². The minimum Gasteiger partial charge on any atom is -0.382 e. The molecule has 6 nitrogen and oxygen atoms in total. The number of likely N-dealkylation sites (tertiary alicyclic amines) is 1. The number of unbranched alkanes of at least 4 members (excludes halogenated alkanes) is 1. The molecule has 0 unspecified atom stereocenters. The van der Waals surface area contributed by atoms with Gasteiger partial charge in [0.1, 0.15) is 11.3 Å². The molecular formula is C25H36N6S. The van der Waals surface area contributed by atoms with Gasteiger partial charge >= 0.3 is 0 Å². The number of imidazole rings is 1. The molecule has 3 aromatic rings. The highest BCUT2D eigenvalue weighted by Crippen LogP contribution is 2.39. The zero-order valence-corrected chi connectivity index (χ0v) is 20.5. The first-order chi connectivity index (χ1) is 15.5. The van der Waals surface area contributed by atoms with Crippen LogP contribution in [0.15, 0.2) is 12.1 Å². The monoisotopic (exact) mass is 452 g/mol. The largest absolute Gasteiger partial charge is 0.382 e. The van der Waals surface area contributed by atoms with Crippen molar-refractivity contribution < 1.29 is 0 Å². The maximum Gasteiger partial charge on any atom is 0.152 e. The fourth-order valence-electron chi connectivity index (χ4n) is 5.10. The molecule has 1 fully saturated rings. The Labute approximate surface area is 195 Å². The summed E-state index contributed by atoms with van der Waals surface area (Å²) in [5.74, 6) is 2.47. The lowest BCUT2D eigenvalue weighted by atomic mass is 9.97. The lowest BCUT2D eigenvalue weighted by Crippen LogP contribution is -2.32. The van der Waals surface area contributed by atoms with E-state index in [1.54, 1.807) is 0 Å². The van der Waals surface area contributed by atoms with Gasteiger partial charge in [-0.05, 0) is 70.4 Å². The summed E-state index contributed by atoms with van der Waals surface area (Å²) in [7, 11) is 4.42. The maximum atomic E-state index is 6.48. The second-order valence-electron chi connectivity index (χ2n) is 9.75. The van der Waals surface area contributed by atoms with Crippen LogP contribution in [0.2, 0.25) is 0 Å². The van der Waals surface area contributed by atoms with Gasteiger partial charge in [-0.15, -0.1) is 11.3 Å². The lowest BCUT2D eigenvalue weighted by Gasteiger charge is -2.29. The predicted octanol–water partition coefficient (Wildman–Crippen LogP) is 4.63. The van der Waals surface area contributed by atoms with Crippen LogP contribution in [0, 0.1) is 5.92 Å². The molecule has 172 valence electrons. The minimum atomic E-state index is 0.578. The summed E-state index contributed by atoms with van der Waals surface area (Å²) in [6, 6.07) is 2.26. The van der Waals surface area contributed by atoms with Gasteiger partial charge in [-0.2, -0.15) is 0 Å². The number of nitrogen functional groups attached to an aromatic ring is 1. The average Bonchev–Trinajstić information content (AvgIpc) is 3.36. The van der Waals surface area contributed by atoms with Crippen LogP contribution in [0.5, 0.6) is 0 Å². The summed E-state index contributed by atoms with van der Waals surface area (Å²) in [6.45, 7) is 7.80. The van der Waals surface area contributed by atoms with Gasteiger partial charge in [0.15, 0.2) is 5.82 Å². The Balaban J connectivity index is 1.61. The first-order valence-corrected chi connectivity index (χ1v) is 13.0. The van der Waals surface area contributed by atoms with Crippen molar-refractivity contribution in [2.75, 3.05) is 46.0 Å². The zero-order valence-electron chi connectivity index (χ0n) is 19.7. The molecule has 0 radical (unpaired) electrons. The number of nitrogens with zero attached hydrogens (tertiary/aromatic N) is 5. The third kappa shape index (κ3) is 4.18. The molecule has 2 aliphatic rings. The van der Waals surface area contributed by atoms with Gasteiger partial charge in [-0.3, -0.25) is 0 Å². The summed E-state index contributed by atoms with van der Waals surface area (Å²) < 4.78 is 3.78. The number of piperidine rings is 1. The second kappa shape index (κ2) is 9.12. The van der Waals surface area contributed by atoms with E-state index in [4.69, 9.17) is 15.7 Å². The van der Waals surface area contributed by atoms with Crippen molar-refractivity contribution in [3.63, 3.8) is 0 Å². The number of rotatable bonds is 6. The number of thiophene rings is 1. The Kier molecular flexibility index (Phi) is 6.23. The topological polar surface area (TPSA) is 63.2 Å². The molecule has 0 bridgehead atoms. The van der Waals surface area contributed by atoms with Gasteiger partial charge < -0.3 is 20.1 Å². The van der Waals surface area contributed by atoms with Crippen LogP contribution in [0.3, 0.4) is 0 Å². The molecule has 0 aromatic carbocycles. The van der Waals surface area contributed by atoms with E-state index < -0.39 is 0 Å². The van der Waals surface area contributed by atoms with Crippen LogP contribution >= 0.6 is 11.3 Å². The van der Waals surface area contributed by atoms with Crippen molar-refractivity contribution in [2.24, 2.45) is 5.92 Å². The summed E-state index contributed by atoms with van der Waals surface area (Å²) in [5.41, 5.74) is 11.1. The molecule has 0 aliphatic carbocycles. The predicted molar refractivity (Wildman–Crippen MR) is 136 cm³/mol. The number of aromatic nitrogens is 3. The van der Waals surface area contributed by atoms with Crippen molar-refractivity contribution in [3.05, 3.63) is 22.8 Å². The normalized spacial score (nSPS) is 19.3. The Morgan fingerprint density at radius 2 is 1.94 bits per heavy atom. The molecule has 0 atom stereocenters. The van der Waals surface area contributed by atoms with Crippen LogP contribution in [-0.2, 0) is 13.0 Å². The molecule has 0 amide bonds. The van der Waals surface area contributed by atoms with E-state index in [2.05, 4.69) is 47.5 Å². The van der Waals surface area contributed by atoms with Crippen LogP contribution in [0.1, 0.15) is 49.7 Å². The summed E-state index contributed by atoms with van der Waals surface area (Å²) in [6.07, 6.45) is 9.31. The zero-order chi connectivity index (χ0) is 22.2. The third-order valence-electron chi connectivity index (χ3n) is 7.22. The molecule has 5 rings (SSSR count). The molecule has 1 saturated heterocycles. The molecule has 3 aromatic heterocycles. The third-order valence-corrected chi connectivity index (χ3v) is 8.43. The standard InChI is InChI=1S/C25H36N6S/c1-4-5-6-21-28-22-23(31(21)16-17-7-11-29(2)12-8-17)24-19(27-25(22)26)15-20(32-24)18-9-13-30(3)14-10-18/h9,15,17H,4-8,10-14,16H2,1-3H3,(H2,26,27). The van der Waals surface area contributed by atoms with Gasteiger partial charge in [-0.25, -0.2) is 9.97 Å². The van der Waals surface area contributed by atoms with Crippen molar-refractivity contribution in [3.8, 4) is 0 Å². The van der Waals surface area contributed by atoms with Gasteiger partial charge in [0.25, 0.3) is 0 Å². The summed E-state index contributed by atoms with van der Waals surface area (Å²) in [5, 5.41) is 0. The first kappa shape index (κ1) is 21.9. The molecule has 0 spiro atoms. The van der Waals surface area contributed by atoms with E-state index >= 15 is 0 Å². The Hall–Kier alpha value is -1.96. The molecule has 5 heterocycles. The van der Waals surface area contributed by atoms with E-state index in [9.17, 15) is 0 Å². The quantitative estimate of drug-likeness (QED) is 0.591. The fraction of sp³-hybridized carbons (Fsp3) is 0.600. The number of fused-ring (bicyclic) bond motifs is 3. The van der Waals surface area contributed by atoms with E-state index in [1.807, 2.05) is 11.3 Å². The van der Waals surface area contributed by atoms with Crippen molar-refractivity contribution in [2.45, 2.75) is 52.0 Å². The Morgan fingerprint density at radius 1 is 1.12 bits per heavy atom. The van der Waals surface area contributed by atoms with Crippen molar-refractivity contribution in [1.82, 2.24) is 24.3 Å². The van der Waals surface area contributed by atoms with Crippen molar-refractivity contribution in [1.29, 1.82) is 0 Å². The summed E-state index contributed by atoms with van der Waals surface area (Å²) >= 11 is 1.88. The number of aryl methyl sites for hydroxylation is 1. The Morgan fingerprint density at radius 3 is 2.66 bits per heavy atom. The number of anilines is 1. The smallest absolute Gasteiger partial charge is 0.152 e. The highest BCUT2D eigenvalue weighted by Gasteiger charge is 2.24. The highest BCUT2D eigenvalue weighted by atomic mass is 32.1. The van der Waals surface area contributed by atoms with E-state index in [-0.39, 0.29) is 0 Å². The second-order valence-corrected chi connectivity index (χ2v) is 10.8. The van der Waals surface area contributed by atoms with E-state index in [1.165, 1.54) is 58.8 Å². The molecule has 0 saturated carbocycles. The number of likely N-dealkylation sites (N-methyl/N-ethyl adjacent to an activating group) is 1. The maximum absolute atomic E-state index is 6.48. The van der Waals surface area contributed by atoms with E-state index in [0.717, 1.165) is 49.9 Å². The minimum absolute atomic E-state index is 0.578. The highest BCUT2D eigenvalue weighted by molar-refractivity contribution is 7.21. The summed E-state index contributed by atoms with van der Waals surface area (Å²) in [4.78, 5) is 16.0.